The average molecular weight is 415 g/mol. The maximum Gasteiger partial charge on any atom is 0.290 e. The summed E-state index contributed by atoms with van der Waals surface area (Å²) in [6.07, 6.45) is 0.785. The molecule has 5 nitrogen and oxygen atoms in total. The van der Waals surface area contributed by atoms with E-state index in [9.17, 15) is 4.79 Å². The summed E-state index contributed by atoms with van der Waals surface area (Å²) in [5.74, 6) is 0.986. The number of fused-ring (bicyclic) bond motifs is 1. The quantitative estimate of drug-likeness (QED) is 0.672. The summed E-state index contributed by atoms with van der Waals surface area (Å²) in [5.41, 5.74) is 8.56. The highest BCUT2D eigenvalue weighted by atomic mass is 35.5. The monoisotopic (exact) mass is 414 g/mol. The first-order valence-corrected chi connectivity index (χ1v) is 9.61. The first kappa shape index (κ1) is 21.2. The van der Waals surface area contributed by atoms with Crippen molar-refractivity contribution in [3.05, 3.63) is 54.3 Å². The van der Waals surface area contributed by atoms with E-state index in [1.54, 1.807) is 7.11 Å². The summed E-state index contributed by atoms with van der Waals surface area (Å²) < 4.78 is 11.4. The van der Waals surface area contributed by atoms with Crippen LogP contribution in [0.3, 0.4) is 0 Å². The molecule has 2 heterocycles. The third kappa shape index (κ3) is 3.85. The molecule has 0 spiro atoms. The van der Waals surface area contributed by atoms with E-state index < -0.39 is 0 Å². The highest BCUT2D eigenvalue weighted by Gasteiger charge is 2.37. The van der Waals surface area contributed by atoms with E-state index in [1.807, 2.05) is 53.4 Å². The fourth-order valence-electron chi connectivity index (χ4n) is 3.94. The molecule has 1 amide bonds. The minimum Gasteiger partial charge on any atom is -0.497 e. The van der Waals surface area contributed by atoms with E-state index in [4.69, 9.17) is 14.9 Å². The highest BCUT2D eigenvalue weighted by molar-refractivity contribution is 6.08. The van der Waals surface area contributed by atoms with Gasteiger partial charge in [0.05, 0.1) is 7.11 Å². The third-order valence-corrected chi connectivity index (χ3v) is 5.75. The van der Waals surface area contributed by atoms with Crippen LogP contribution in [0, 0.1) is 5.41 Å². The maximum atomic E-state index is 13.5. The molecular weight excluding hydrogens is 388 g/mol. The number of halogens is 1. The molecule has 3 aromatic rings. The van der Waals surface area contributed by atoms with Gasteiger partial charge in [-0.15, -0.1) is 12.4 Å². The van der Waals surface area contributed by atoms with Gasteiger partial charge in [0.1, 0.15) is 11.3 Å². The van der Waals surface area contributed by atoms with Crippen LogP contribution in [0.2, 0.25) is 0 Å². The zero-order valence-electron chi connectivity index (χ0n) is 17.0. The number of hydrogen-bond donors (Lipinski definition) is 1. The summed E-state index contributed by atoms with van der Waals surface area (Å²) in [6, 6.07) is 15.7. The van der Waals surface area contributed by atoms with Crippen LogP contribution in [-0.2, 0) is 0 Å². The minimum atomic E-state index is -0.129. The summed E-state index contributed by atoms with van der Waals surface area (Å²) >= 11 is 0. The van der Waals surface area contributed by atoms with Crippen LogP contribution >= 0.6 is 12.4 Å². The number of carbonyl (C=O) groups excluding carboxylic acids is 1. The van der Waals surface area contributed by atoms with Gasteiger partial charge in [-0.2, -0.15) is 0 Å². The van der Waals surface area contributed by atoms with Gasteiger partial charge in [0.15, 0.2) is 0 Å². The van der Waals surface area contributed by atoms with Crippen molar-refractivity contribution >= 4 is 29.3 Å². The Hall–Kier alpha value is -2.50. The number of rotatable bonds is 3. The van der Waals surface area contributed by atoms with Gasteiger partial charge < -0.3 is 19.8 Å². The van der Waals surface area contributed by atoms with Gasteiger partial charge in [-0.1, -0.05) is 44.2 Å². The second kappa shape index (κ2) is 8.09. The van der Waals surface area contributed by atoms with Gasteiger partial charge in [-0.25, -0.2) is 0 Å². The fourth-order valence-corrected chi connectivity index (χ4v) is 3.94. The average Bonchev–Trinajstić information content (AvgIpc) is 3.08. The Labute approximate surface area is 177 Å². The van der Waals surface area contributed by atoms with Crippen LogP contribution in [0.25, 0.3) is 22.1 Å². The number of methoxy groups -OCH3 is 1. The smallest absolute Gasteiger partial charge is 0.290 e. The Morgan fingerprint density at radius 3 is 2.59 bits per heavy atom. The number of likely N-dealkylation sites (tertiary alicyclic amines) is 1. The van der Waals surface area contributed by atoms with Crippen LogP contribution in [0.15, 0.2) is 52.9 Å². The van der Waals surface area contributed by atoms with Gasteiger partial charge in [0.2, 0.25) is 5.76 Å². The number of nitrogens with two attached hydrogens (primary N) is 1. The molecule has 1 fully saturated rings. The minimum absolute atomic E-state index is 0. The number of carbonyl (C=O) groups is 1. The first-order valence-electron chi connectivity index (χ1n) is 9.61. The van der Waals surface area contributed by atoms with Crippen molar-refractivity contribution < 1.29 is 13.9 Å². The van der Waals surface area contributed by atoms with Gasteiger partial charge >= 0.3 is 0 Å². The van der Waals surface area contributed by atoms with Crippen LogP contribution in [0.1, 0.15) is 30.8 Å². The Morgan fingerprint density at radius 1 is 1.21 bits per heavy atom. The number of furan rings is 1. The number of benzene rings is 2. The molecule has 1 saturated heterocycles. The number of ether oxygens (including phenoxy) is 1. The Bertz CT molecular complexity index is 1010. The lowest BCUT2D eigenvalue weighted by Crippen LogP contribution is -2.54. The summed E-state index contributed by atoms with van der Waals surface area (Å²) in [7, 11) is 1.62. The number of hydrogen-bond acceptors (Lipinski definition) is 4. The van der Waals surface area contributed by atoms with Gasteiger partial charge in [-0.05, 0) is 29.5 Å². The molecule has 2 N–H and O–H groups in total. The van der Waals surface area contributed by atoms with Crippen molar-refractivity contribution in [3.8, 4) is 16.9 Å². The molecule has 0 bridgehead atoms. The van der Waals surface area contributed by atoms with Crippen molar-refractivity contribution in [2.75, 3.05) is 20.2 Å². The van der Waals surface area contributed by atoms with Gasteiger partial charge in [-0.3, -0.25) is 4.79 Å². The van der Waals surface area contributed by atoms with Crippen LogP contribution in [0.4, 0.5) is 0 Å². The van der Waals surface area contributed by atoms with Gasteiger partial charge in [0, 0.05) is 36.1 Å². The summed E-state index contributed by atoms with van der Waals surface area (Å²) in [5, 5.41) is 0.906. The molecule has 1 aliphatic rings. The van der Waals surface area contributed by atoms with Crippen molar-refractivity contribution in [1.29, 1.82) is 0 Å². The lowest BCUT2D eigenvalue weighted by molar-refractivity contribution is 0.0506. The van der Waals surface area contributed by atoms with E-state index in [1.165, 1.54) is 0 Å². The standard InChI is InChI=1S/C23H26N2O3.ClH/c1-23(2)14-25(12-11-19(23)24)22(26)21-20(15-7-5-4-6-8-15)17-10-9-16(27-3)13-18(17)28-21;/h4-10,13,19H,11-12,14,24H2,1-3H3;1H. The SMILES string of the molecule is COc1ccc2c(-c3ccccc3)c(C(=O)N3CCC(N)C(C)(C)C3)oc2c1.Cl. The van der Waals surface area contributed by atoms with E-state index in [-0.39, 0.29) is 29.8 Å². The number of piperidine rings is 1. The largest absolute Gasteiger partial charge is 0.497 e. The molecule has 0 radical (unpaired) electrons. The molecule has 0 aliphatic carbocycles. The third-order valence-electron chi connectivity index (χ3n) is 5.75. The molecule has 6 heteroatoms. The van der Waals surface area contributed by atoms with E-state index in [0.29, 0.717) is 30.2 Å². The van der Waals surface area contributed by atoms with Crippen LogP contribution < -0.4 is 10.5 Å². The molecule has 1 atom stereocenters. The second-order valence-electron chi connectivity index (χ2n) is 8.14. The first-order chi connectivity index (χ1) is 13.4. The predicted octanol–water partition coefficient (Wildman–Crippen LogP) is 4.73. The van der Waals surface area contributed by atoms with E-state index in [2.05, 4.69) is 13.8 Å². The Kier molecular flexibility index (Phi) is 5.92. The lowest BCUT2D eigenvalue weighted by atomic mass is 9.79. The molecule has 2 aromatic carbocycles. The fraction of sp³-hybridized carbons (Fsp3) is 0.348. The zero-order valence-corrected chi connectivity index (χ0v) is 17.8. The number of nitrogens with zero attached hydrogens (tertiary/aromatic N) is 1. The Balaban J connectivity index is 0.00000240. The predicted molar refractivity (Wildman–Crippen MR) is 118 cm³/mol. The topological polar surface area (TPSA) is 68.7 Å². The number of amides is 1. The highest BCUT2D eigenvalue weighted by Crippen LogP contribution is 2.38. The van der Waals surface area contributed by atoms with Crippen molar-refractivity contribution in [2.45, 2.75) is 26.3 Å². The van der Waals surface area contributed by atoms with E-state index >= 15 is 0 Å². The molecule has 1 aliphatic heterocycles. The molecule has 0 saturated carbocycles. The van der Waals surface area contributed by atoms with Crippen LogP contribution in [-0.4, -0.2) is 37.0 Å². The molecule has 4 rings (SSSR count). The summed E-state index contributed by atoms with van der Waals surface area (Å²) in [4.78, 5) is 15.3. The molecule has 1 aromatic heterocycles. The molecule has 1 unspecified atom stereocenters. The van der Waals surface area contributed by atoms with E-state index in [0.717, 1.165) is 22.9 Å². The molecule has 154 valence electrons. The zero-order chi connectivity index (χ0) is 19.9. The summed E-state index contributed by atoms with van der Waals surface area (Å²) in [6.45, 7) is 5.47. The second-order valence-corrected chi connectivity index (χ2v) is 8.14. The Morgan fingerprint density at radius 2 is 1.93 bits per heavy atom. The van der Waals surface area contributed by atoms with Gasteiger partial charge in [0.25, 0.3) is 5.91 Å². The molecular formula is C23H27ClN2O3. The normalized spacial score (nSPS) is 18.3. The maximum absolute atomic E-state index is 13.5. The molecule has 29 heavy (non-hydrogen) atoms. The van der Waals surface area contributed by atoms with Crippen molar-refractivity contribution in [2.24, 2.45) is 11.1 Å². The lowest BCUT2D eigenvalue weighted by Gasteiger charge is -2.42. The van der Waals surface area contributed by atoms with Crippen molar-refractivity contribution in [3.63, 3.8) is 0 Å². The van der Waals surface area contributed by atoms with Crippen molar-refractivity contribution in [1.82, 2.24) is 4.90 Å². The van der Waals surface area contributed by atoms with Crippen LogP contribution in [0.5, 0.6) is 5.75 Å².